The first kappa shape index (κ1) is 24.9. The van der Waals surface area contributed by atoms with E-state index in [-0.39, 0.29) is 0 Å². The van der Waals surface area contributed by atoms with Gasteiger partial charge in [0.05, 0.1) is 0 Å². The summed E-state index contributed by atoms with van der Waals surface area (Å²) in [5.41, 5.74) is 6.79. The fraction of sp³-hybridized carbons (Fsp3) is 0. The van der Waals surface area contributed by atoms with Gasteiger partial charge in [-0.2, -0.15) is 0 Å². The predicted molar refractivity (Wildman–Crippen MR) is 182 cm³/mol. The summed E-state index contributed by atoms with van der Waals surface area (Å²) in [6.07, 6.45) is 0. The topological polar surface area (TPSA) is 51.8 Å². The van der Waals surface area contributed by atoms with Crippen LogP contribution in [0.25, 0.3) is 87.4 Å². The van der Waals surface area contributed by atoms with Crippen LogP contribution in [0.3, 0.4) is 0 Å². The molecule has 0 amide bonds. The number of nitrogens with zero attached hydrogens (tertiary/aromatic N) is 3. The molecule has 6 aromatic carbocycles. The van der Waals surface area contributed by atoms with E-state index in [2.05, 4.69) is 103 Å². The van der Waals surface area contributed by atoms with Crippen LogP contribution >= 0.6 is 11.3 Å². The third kappa shape index (κ3) is 4.17. The molecule has 206 valence electrons. The van der Waals surface area contributed by atoms with Gasteiger partial charge in [0.15, 0.2) is 17.5 Å². The van der Waals surface area contributed by atoms with E-state index in [0.29, 0.717) is 17.5 Å². The molecule has 0 radical (unpaired) electrons. The van der Waals surface area contributed by atoms with Gasteiger partial charge in [-0.15, -0.1) is 11.3 Å². The number of hydrogen-bond acceptors (Lipinski definition) is 5. The fourth-order valence-corrected chi connectivity index (χ4v) is 7.11. The normalized spacial score (nSPS) is 11.6. The van der Waals surface area contributed by atoms with Crippen LogP contribution in [0, 0.1) is 0 Å². The lowest BCUT2D eigenvalue weighted by Gasteiger charge is -2.10. The number of benzene rings is 6. The van der Waals surface area contributed by atoms with E-state index in [1.54, 1.807) is 11.3 Å². The van der Waals surface area contributed by atoms with E-state index in [0.717, 1.165) is 49.8 Å². The number of thiophene rings is 1. The van der Waals surface area contributed by atoms with Gasteiger partial charge < -0.3 is 4.42 Å². The molecule has 9 aromatic rings. The molecular formula is C39H23N3OS. The van der Waals surface area contributed by atoms with E-state index >= 15 is 0 Å². The summed E-state index contributed by atoms with van der Waals surface area (Å²) in [5, 5.41) is 4.63. The SMILES string of the molecule is c1ccc(-c2cccc(-c3nc(-c4ccc5c(c4)sc4ccccc45)nc(-c4ccc5oc6ccccc6c5c4)n3)c2)cc1. The Morgan fingerprint density at radius 2 is 0.955 bits per heavy atom. The standard InChI is InChI=1S/C39H23N3OS/c1-2-9-24(10-3-1)25-11-8-12-26(21-25)37-40-38(27-18-20-34-32(22-27)29-13-4-6-15-33(29)43-34)42-39(41-37)28-17-19-31-30-14-5-7-16-35(30)44-36(31)23-28/h1-23H. The molecule has 44 heavy (non-hydrogen) atoms. The molecule has 4 nitrogen and oxygen atoms in total. The largest absolute Gasteiger partial charge is 0.456 e. The first-order valence-electron chi connectivity index (χ1n) is 14.5. The Bertz CT molecular complexity index is 2510. The predicted octanol–water partition coefficient (Wildman–Crippen LogP) is 10.8. The van der Waals surface area contributed by atoms with Crippen LogP contribution in [-0.4, -0.2) is 15.0 Å². The van der Waals surface area contributed by atoms with Gasteiger partial charge in [-0.05, 0) is 53.6 Å². The lowest BCUT2D eigenvalue weighted by atomic mass is 10.0. The van der Waals surface area contributed by atoms with E-state index in [1.807, 2.05) is 36.4 Å². The number of para-hydroxylation sites is 1. The van der Waals surface area contributed by atoms with Crippen molar-refractivity contribution < 1.29 is 4.42 Å². The highest BCUT2D eigenvalue weighted by Gasteiger charge is 2.16. The zero-order valence-corrected chi connectivity index (χ0v) is 24.3. The van der Waals surface area contributed by atoms with Gasteiger partial charge in [-0.1, -0.05) is 97.1 Å². The molecule has 0 bridgehead atoms. The van der Waals surface area contributed by atoms with Crippen LogP contribution in [0.15, 0.2) is 144 Å². The highest BCUT2D eigenvalue weighted by atomic mass is 32.1. The smallest absolute Gasteiger partial charge is 0.164 e. The van der Waals surface area contributed by atoms with E-state index in [9.17, 15) is 0 Å². The molecular weight excluding hydrogens is 559 g/mol. The number of aromatic nitrogens is 3. The molecule has 3 heterocycles. The number of furan rings is 1. The van der Waals surface area contributed by atoms with Crippen LogP contribution in [0.2, 0.25) is 0 Å². The Labute approximate surface area is 256 Å². The van der Waals surface area contributed by atoms with Crippen molar-refractivity contribution in [3.8, 4) is 45.3 Å². The van der Waals surface area contributed by atoms with Crippen molar-refractivity contribution in [1.82, 2.24) is 15.0 Å². The van der Waals surface area contributed by atoms with Crippen molar-refractivity contribution in [2.24, 2.45) is 0 Å². The third-order valence-electron chi connectivity index (χ3n) is 8.14. The summed E-state index contributed by atoms with van der Waals surface area (Å²) in [6.45, 7) is 0. The Hall–Kier alpha value is -5.65. The zero-order valence-electron chi connectivity index (χ0n) is 23.4. The Morgan fingerprint density at radius 1 is 0.364 bits per heavy atom. The van der Waals surface area contributed by atoms with Crippen LogP contribution in [0.1, 0.15) is 0 Å². The second-order valence-electron chi connectivity index (χ2n) is 10.9. The van der Waals surface area contributed by atoms with E-state index < -0.39 is 0 Å². The Morgan fingerprint density at radius 3 is 1.80 bits per heavy atom. The fourth-order valence-electron chi connectivity index (χ4n) is 5.96. The lowest BCUT2D eigenvalue weighted by Crippen LogP contribution is -2.00. The van der Waals surface area contributed by atoms with Gasteiger partial charge in [0.25, 0.3) is 0 Å². The summed E-state index contributed by atoms with van der Waals surface area (Å²) < 4.78 is 8.58. The molecule has 0 aliphatic heterocycles. The molecule has 0 atom stereocenters. The first-order chi connectivity index (χ1) is 21.8. The summed E-state index contributed by atoms with van der Waals surface area (Å²) in [5.74, 6) is 1.90. The molecule has 3 aromatic heterocycles. The van der Waals surface area contributed by atoms with E-state index in [4.69, 9.17) is 19.4 Å². The van der Waals surface area contributed by atoms with Gasteiger partial charge in [0.1, 0.15) is 11.2 Å². The van der Waals surface area contributed by atoms with Crippen LogP contribution in [-0.2, 0) is 0 Å². The van der Waals surface area contributed by atoms with Crippen LogP contribution < -0.4 is 0 Å². The molecule has 0 saturated heterocycles. The minimum atomic E-state index is 0.624. The summed E-state index contributed by atoms with van der Waals surface area (Å²) in [7, 11) is 0. The van der Waals surface area contributed by atoms with Gasteiger partial charge in [-0.3, -0.25) is 0 Å². The van der Waals surface area contributed by atoms with Crippen molar-refractivity contribution in [2.75, 3.05) is 0 Å². The van der Waals surface area contributed by atoms with Crippen molar-refractivity contribution >= 4 is 53.4 Å². The summed E-state index contributed by atoms with van der Waals surface area (Å²) in [6, 6.07) is 48.1. The number of hydrogen-bond donors (Lipinski definition) is 0. The highest BCUT2D eigenvalue weighted by Crippen LogP contribution is 2.37. The monoisotopic (exact) mass is 581 g/mol. The Balaban J connectivity index is 1.25. The highest BCUT2D eigenvalue weighted by molar-refractivity contribution is 7.25. The maximum atomic E-state index is 6.10. The molecule has 0 N–H and O–H groups in total. The minimum absolute atomic E-state index is 0.624. The Kier molecular flexibility index (Phi) is 5.64. The van der Waals surface area contributed by atoms with Gasteiger partial charge >= 0.3 is 0 Å². The van der Waals surface area contributed by atoms with Gasteiger partial charge in [0.2, 0.25) is 0 Å². The van der Waals surface area contributed by atoms with Crippen molar-refractivity contribution in [3.63, 3.8) is 0 Å². The molecule has 9 rings (SSSR count). The second-order valence-corrected chi connectivity index (χ2v) is 12.0. The van der Waals surface area contributed by atoms with Gasteiger partial charge in [0, 0.05) is 47.6 Å². The second kappa shape index (κ2) is 9.97. The molecule has 0 spiro atoms. The minimum Gasteiger partial charge on any atom is -0.456 e. The van der Waals surface area contributed by atoms with Crippen LogP contribution in [0.5, 0.6) is 0 Å². The molecule has 5 heteroatoms. The summed E-state index contributed by atoms with van der Waals surface area (Å²) >= 11 is 1.79. The third-order valence-corrected chi connectivity index (χ3v) is 9.27. The number of fused-ring (bicyclic) bond motifs is 6. The quantitative estimate of drug-likeness (QED) is 0.207. The zero-order chi connectivity index (χ0) is 29.0. The lowest BCUT2D eigenvalue weighted by molar-refractivity contribution is 0.669. The van der Waals surface area contributed by atoms with Crippen molar-refractivity contribution in [2.45, 2.75) is 0 Å². The maximum absolute atomic E-state index is 6.10. The van der Waals surface area contributed by atoms with Crippen LogP contribution in [0.4, 0.5) is 0 Å². The van der Waals surface area contributed by atoms with Crippen molar-refractivity contribution in [1.29, 1.82) is 0 Å². The average molecular weight is 582 g/mol. The molecule has 0 fully saturated rings. The van der Waals surface area contributed by atoms with Gasteiger partial charge in [-0.25, -0.2) is 15.0 Å². The van der Waals surface area contributed by atoms with Crippen molar-refractivity contribution in [3.05, 3.63) is 140 Å². The molecule has 0 aliphatic rings. The average Bonchev–Trinajstić information content (AvgIpc) is 3.66. The first-order valence-corrected chi connectivity index (χ1v) is 15.3. The maximum Gasteiger partial charge on any atom is 0.164 e. The molecule has 0 saturated carbocycles. The summed E-state index contributed by atoms with van der Waals surface area (Å²) in [4.78, 5) is 15.2. The number of rotatable bonds is 4. The molecule has 0 aliphatic carbocycles. The molecule has 0 unspecified atom stereocenters. The van der Waals surface area contributed by atoms with E-state index in [1.165, 1.54) is 20.2 Å².